The van der Waals surface area contributed by atoms with Gasteiger partial charge in [-0.15, -0.1) is 5.10 Å². The number of nitrogens with zero attached hydrogens (tertiary/aromatic N) is 7. The molecule has 2 aromatic heterocycles. The van der Waals surface area contributed by atoms with Gasteiger partial charge in [0.25, 0.3) is 0 Å². The van der Waals surface area contributed by atoms with Gasteiger partial charge in [0.2, 0.25) is 11.2 Å². The van der Waals surface area contributed by atoms with Crippen molar-refractivity contribution in [2.24, 2.45) is 7.05 Å². The van der Waals surface area contributed by atoms with Crippen molar-refractivity contribution in [3.63, 3.8) is 0 Å². The fourth-order valence-electron chi connectivity index (χ4n) is 2.00. The topological polar surface area (TPSA) is 72.6 Å². The van der Waals surface area contributed by atoms with E-state index in [0.717, 1.165) is 31.6 Å². The molecule has 1 aliphatic heterocycles. The summed E-state index contributed by atoms with van der Waals surface area (Å²) in [5.41, 5.74) is 0.722. The first-order chi connectivity index (χ1) is 8.74. The Hall–Kier alpha value is -1.76. The minimum atomic E-state index is 0.197. The van der Waals surface area contributed by atoms with E-state index in [2.05, 4.69) is 30.2 Å². The van der Waals surface area contributed by atoms with Gasteiger partial charge in [-0.3, -0.25) is 0 Å². The molecule has 0 spiro atoms. The molecule has 0 bridgehead atoms. The number of aryl methyl sites for hydroxylation is 1. The van der Waals surface area contributed by atoms with Gasteiger partial charge in [0.15, 0.2) is 5.82 Å². The normalized spacial score (nSPS) is 15.3. The van der Waals surface area contributed by atoms with E-state index in [4.69, 9.17) is 11.6 Å². The number of hydrogen-bond donors (Lipinski definition) is 0. The van der Waals surface area contributed by atoms with Gasteiger partial charge in [0.1, 0.15) is 5.69 Å². The van der Waals surface area contributed by atoms with E-state index >= 15 is 0 Å². The third-order valence-corrected chi connectivity index (χ3v) is 3.10. The zero-order valence-corrected chi connectivity index (χ0v) is 10.7. The Bertz CT molecular complexity index is 561. The molecule has 1 saturated heterocycles. The third kappa shape index (κ3) is 2.01. The number of aromatic nitrogens is 6. The van der Waals surface area contributed by atoms with E-state index in [9.17, 15) is 0 Å². The summed E-state index contributed by atoms with van der Waals surface area (Å²) in [6, 6.07) is 0. The zero-order valence-electron chi connectivity index (χ0n) is 9.91. The van der Waals surface area contributed by atoms with Crippen molar-refractivity contribution in [1.82, 2.24) is 29.9 Å². The Morgan fingerprint density at radius 1 is 1.17 bits per heavy atom. The van der Waals surface area contributed by atoms with Crippen LogP contribution in [0.5, 0.6) is 0 Å². The largest absolute Gasteiger partial charge is 0.341 e. The molecule has 0 unspecified atom stereocenters. The molecule has 8 heteroatoms. The third-order valence-electron chi connectivity index (χ3n) is 2.93. The first-order valence-electron chi connectivity index (χ1n) is 5.75. The summed E-state index contributed by atoms with van der Waals surface area (Å²) in [5.74, 6) is 1.13. The second kappa shape index (κ2) is 4.49. The minimum Gasteiger partial charge on any atom is -0.341 e. The summed E-state index contributed by atoms with van der Waals surface area (Å²) in [5, 5.41) is 7.87. The lowest BCUT2D eigenvalue weighted by atomic mass is 10.4. The molecule has 0 N–H and O–H groups in total. The number of rotatable bonds is 2. The summed E-state index contributed by atoms with van der Waals surface area (Å²) in [7, 11) is 1.79. The van der Waals surface area contributed by atoms with Crippen molar-refractivity contribution >= 4 is 17.5 Å². The molecule has 0 amide bonds. The Kier molecular flexibility index (Phi) is 2.83. The van der Waals surface area contributed by atoms with Gasteiger partial charge >= 0.3 is 0 Å². The Labute approximate surface area is 109 Å². The Morgan fingerprint density at radius 3 is 2.61 bits per heavy atom. The molecule has 0 aliphatic carbocycles. The van der Waals surface area contributed by atoms with Gasteiger partial charge < -0.3 is 4.90 Å². The Balaban J connectivity index is 2.03. The summed E-state index contributed by atoms with van der Waals surface area (Å²) >= 11 is 5.96. The zero-order chi connectivity index (χ0) is 12.5. The van der Waals surface area contributed by atoms with Crippen molar-refractivity contribution in [3.8, 4) is 11.5 Å². The van der Waals surface area contributed by atoms with Crippen molar-refractivity contribution in [3.05, 3.63) is 11.5 Å². The van der Waals surface area contributed by atoms with Gasteiger partial charge in [0.05, 0.1) is 6.20 Å². The van der Waals surface area contributed by atoms with E-state index in [1.165, 1.54) is 0 Å². The highest BCUT2D eigenvalue weighted by atomic mass is 35.5. The van der Waals surface area contributed by atoms with Crippen LogP contribution in [0.3, 0.4) is 0 Å². The van der Waals surface area contributed by atoms with E-state index < -0.39 is 0 Å². The molecule has 2 aromatic rings. The van der Waals surface area contributed by atoms with Crippen LogP contribution in [0.25, 0.3) is 11.5 Å². The molecule has 1 aliphatic rings. The predicted octanol–water partition coefficient (Wildman–Crippen LogP) is 0.921. The second-order valence-electron chi connectivity index (χ2n) is 4.17. The van der Waals surface area contributed by atoms with Crippen LogP contribution >= 0.6 is 11.6 Å². The van der Waals surface area contributed by atoms with Gasteiger partial charge in [-0.2, -0.15) is 15.0 Å². The van der Waals surface area contributed by atoms with Crippen LogP contribution in [0.2, 0.25) is 5.28 Å². The fraction of sp³-hybridized carbons (Fsp3) is 0.500. The molecule has 0 aromatic carbocycles. The number of halogens is 1. The molecule has 0 saturated carbocycles. The van der Waals surface area contributed by atoms with Crippen LogP contribution in [0.15, 0.2) is 6.20 Å². The van der Waals surface area contributed by atoms with Gasteiger partial charge in [0, 0.05) is 20.1 Å². The van der Waals surface area contributed by atoms with Gasteiger partial charge in [-0.1, -0.05) is 5.21 Å². The maximum absolute atomic E-state index is 5.96. The second-order valence-corrected chi connectivity index (χ2v) is 4.50. The smallest absolute Gasteiger partial charge is 0.230 e. The molecule has 3 rings (SSSR count). The first-order valence-corrected chi connectivity index (χ1v) is 6.13. The molecule has 94 valence electrons. The highest BCUT2D eigenvalue weighted by Gasteiger charge is 2.18. The average molecular weight is 266 g/mol. The molecule has 1 fully saturated rings. The highest BCUT2D eigenvalue weighted by Crippen LogP contribution is 2.21. The van der Waals surface area contributed by atoms with Crippen LogP contribution in [-0.4, -0.2) is 43.0 Å². The summed E-state index contributed by atoms with van der Waals surface area (Å²) in [6.07, 6.45) is 3.93. The van der Waals surface area contributed by atoms with Crippen LogP contribution in [-0.2, 0) is 7.05 Å². The van der Waals surface area contributed by atoms with Gasteiger partial charge in [-0.25, -0.2) is 4.68 Å². The maximum atomic E-state index is 5.96. The molecule has 3 heterocycles. The lowest BCUT2D eigenvalue weighted by molar-refractivity contribution is 0.716. The SMILES string of the molecule is Cn1nncc1-c1nc(Cl)nc(N2CCCC2)n1. The molecule has 18 heavy (non-hydrogen) atoms. The molecular formula is C10H12ClN7. The van der Waals surface area contributed by atoms with Crippen molar-refractivity contribution < 1.29 is 0 Å². The fourth-order valence-corrected chi connectivity index (χ4v) is 2.16. The first kappa shape index (κ1) is 11.3. The van der Waals surface area contributed by atoms with E-state index in [1.807, 2.05) is 0 Å². The molecular weight excluding hydrogens is 254 g/mol. The maximum Gasteiger partial charge on any atom is 0.230 e. The van der Waals surface area contributed by atoms with E-state index in [0.29, 0.717) is 11.8 Å². The summed E-state index contributed by atoms with van der Waals surface area (Å²) < 4.78 is 1.61. The lowest BCUT2D eigenvalue weighted by Gasteiger charge is -2.15. The lowest BCUT2D eigenvalue weighted by Crippen LogP contribution is -2.21. The predicted molar refractivity (Wildman–Crippen MR) is 66.3 cm³/mol. The van der Waals surface area contributed by atoms with Gasteiger partial charge in [-0.05, 0) is 24.4 Å². The van der Waals surface area contributed by atoms with Crippen molar-refractivity contribution in [2.45, 2.75) is 12.8 Å². The molecule has 0 radical (unpaired) electrons. The van der Waals surface area contributed by atoms with E-state index in [1.54, 1.807) is 17.9 Å². The van der Waals surface area contributed by atoms with Crippen LogP contribution in [0, 0.1) is 0 Å². The summed E-state index contributed by atoms with van der Waals surface area (Å²) in [6.45, 7) is 1.92. The van der Waals surface area contributed by atoms with Crippen molar-refractivity contribution in [2.75, 3.05) is 18.0 Å². The van der Waals surface area contributed by atoms with Crippen LogP contribution < -0.4 is 4.90 Å². The standard InChI is InChI=1S/C10H12ClN7/c1-17-7(6-12-16-17)8-13-9(11)15-10(14-8)18-4-2-3-5-18/h6H,2-5H2,1H3. The number of anilines is 1. The van der Waals surface area contributed by atoms with Crippen LogP contribution in [0.4, 0.5) is 5.95 Å². The van der Waals surface area contributed by atoms with Crippen molar-refractivity contribution in [1.29, 1.82) is 0 Å². The molecule has 7 nitrogen and oxygen atoms in total. The summed E-state index contributed by atoms with van der Waals surface area (Å²) in [4.78, 5) is 14.8. The highest BCUT2D eigenvalue weighted by molar-refractivity contribution is 6.28. The Morgan fingerprint density at radius 2 is 1.94 bits per heavy atom. The van der Waals surface area contributed by atoms with Crippen LogP contribution in [0.1, 0.15) is 12.8 Å². The number of hydrogen-bond acceptors (Lipinski definition) is 6. The minimum absolute atomic E-state index is 0.197. The monoisotopic (exact) mass is 265 g/mol. The molecule has 0 atom stereocenters. The average Bonchev–Trinajstić information content (AvgIpc) is 2.98. The van der Waals surface area contributed by atoms with E-state index in [-0.39, 0.29) is 5.28 Å². The quantitative estimate of drug-likeness (QED) is 0.804.